The normalized spacial score (nSPS) is 22.6. The van der Waals surface area contributed by atoms with Crippen molar-refractivity contribution < 1.29 is 14.7 Å². The van der Waals surface area contributed by atoms with Crippen LogP contribution in [0.25, 0.3) is 0 Å². The van der Waals surface area contributed by atoms with Crippen LogP contribution in [0.1, 0.15) is 56.3 Å². The van der Waals surface area contributed by atoms with E-state index in [1.807, 2.05) is 4.90 Å². The molecule has 3 rings (SSSR count). The van der Waals surface area contributed by atoms with Gasteiger partial charge in [-0.2, -0.15) is 4.98 Å². The number of primary amides is 1. The van der Waals surface area contributed by atoms with E-state index < -0.39 is 5.91 Å². The average molecular weight is 390 g/mol. The molecule has 0 spiro atoms. The number of hydrogen-bond donors (Lipinski definition) is 4. The highest BCUT2D eigenvalue weighted by atomic mass is 16.3. The zero-order chi connectivity index (χ0) is 20.3. The molecule has 1 aliphatic heterocycles. The summed E-state index contributed by atoms with van der Waals surface area (Å²) in [6.45, 7) is 5.53. The summed E-state index contributed by atoms with van der Waals surface area (Å²) >= 11 is 0. The SMILES string of the molecule is CC(C)CC(=O)N1CCC(Nc2ncc(C(N)=O)c(N[C@H]3C[C@H](O)C3)n2)CC1. The van der Waals surface area contributed by atoms with Gasteiger partial charge in [0.05, 0.1) is 11.7 Å². The highest BCUT2D eigenvalue weighted by Gasteiger charge is 2.29. The first-order valence-electron chi connectivity index (χ1n) is 9.97. The zero-order valence-corrected chi connectivity index (χ0v) is 16.5. The van der Waals surface area contributed by atoms with E-state index in [0.29, 0.717) is 50.0 Å². The number of aromatic nitrogens is 2. The van der Waals surface area contributed by atoms with Crippen LogP contribution in [0, 0.1) is 5.92 Å². The van der Waals surface area contributed by atoms with Gasteiger partial charge >= 0.3 is 0 Å². The summed E-state index contributed by atoms with van der Waals surface area (Å²) in [5.41, 5.74) is 5.66. The molecule has 0 unspecified atom stereocenters. The van der Waals surface area contributed by atoms with E-state index in [9.17, 15) is 14.7 Å². The number of nitrogens with zero attached hydrogens (tertiary/aromatic N) is 3. The number of aliphatic hydroxyl groups excluding tert-OH is 1. The van der Waals surface area contributed by atoms with Crippen LogP contribution in [-0.2, 0) is 4.79 Å². The van der Waals surface area contributed by atoms with Crippen molar-refractivity contribution in [1.82, 2.24) is 14.9 Å². The molecule has 0 aromatic carbocycles. The Hall–Kier alpha value is -2.42. The van der Waals surface area contributed by atoms with E-state index in [2.05, 4.69) is 34.4 Å². The highest BCUT2D eigenvalue weighted by Crippen LogP contribution is 2.25. The molecule has 1 saturated heterocycles. The van der Waals surface area contributed by atoms with Crippen molar-refractivity contribution in [2.45, 2.75) is 64.1 Å². The first-order valence-corrected chi connectivity index (χ1v) is 9.97. The maximum atomic E-state index is 12.2. The van der Waals surface area contributed by atoms with Crippen molar-refractivity contribution in [1.29, 1.82) is 0 Å². The lowest BCUT2D eigenvalue weighted by atomic mass is 9.89. The largest absolute Gasteiger partial charge is 0.393 e. The lowest BCUT2D eigenvalue weighted by Gasteiger charge is -2.33. The Morgan fingerprint density at radius 2 is 1.93 bits per heavy atom. The van der Waals surface area contributed by atoms with Gasteiger partial charge in [-0.05, 0) is 31.6 Å². The number of carbonyl (C=O) groups excluding carboxylic acids is 2. The fourth-order valence-electron chi connectivity index (χ4n) is 3.57. The zero-order valence-electron chi connectivity index (χ0n) is 16.5. The summed E-state index contributed by atoms with van der Waals surface area (Å²) in [5, 5.41) is 15.9. The smallest absolute Gasteiger partial charge is 0.254 e. The maximum Gasteiger partial charge on any atom is 0.254 e. The number of rotatable bonds is 7. The van der Waals surface area contributed by atoms with Gasteiger partial charge in [-0.25, -0.2) is 4.98 Å². The molecule has 2 fully saturated rings. The van der Waals surface area contributed by atoms with Gasteiger partial charge in [-0.15, -0.1) is 0 Å². The number of likely N-dealkylation sites (tertiary alicyclic amines) is 1. The monoisotopic (exact) mass is 390 g/mol. The van der Waals surface area contributed by atoms with Gasteiger partial charge in [-0.3, -0.25) is 9.59 Å². The van der Waals surface area contributed by atoms with E-state index in [4.69, 9.17) is 5.73 Å². The number of carbonyl (C=O) groups is 2. The van der Waals surface area contributed by atoms with Crippen molar-refractivity contribution in [3.63, 3.8) is 0 Å². The summed E-state index contributed by atoms with van der Waals surface area (Å²) in [7, 11) is 0. The van der Waals surface area contributed by atoms with Crippen LogP contribution in [0.5, 0.6) is 0 Å². The second-order valence-corrected chi connectivity index (χ2v) is 8.18. The van der Waals surface area contributed by atoms with Crippen LogP contribution in [0.3, 0.4) is 0 Å². The molecule has 1 saturated carbocycles. The van der Waals surface area contributed by atoms with Crippen LogP contribution in [0.15, 0.2) is 6.20 Å². The minimum absolute atomic E-state index is 0.0751. The lowest BCUT2D eigenvalue weighted by Crippen LogP contribution is -2.43. The second kappa shape index (κ2) is 8.72. The van der Waals surface area contributed by atoms with Gasteiger partial charge in [0.2, 0.25) is 11.9 Å². The Labute approximate surface area is 165 Å². The van der Waals surface area contributed by atoms with E-state index >= 15 is 0 Å². The van der Waals surface area contributed by atoms with Gasteiger partial charge in [0, 0.05) is 37.8 Å². The molecule has 1 aromatic heterocycles. The summed E-state index contributed by atoms with van der Waals surface area (Å²) in [6, 6.07) is 0.243. The first kappa shape index (κ1) is 20.3. The third kappa shape index (κ3) is 5.09. The van der Waals surface area contributed by atoms with Crippen LogP contribution in [-0.4, -0.2) is 63.1 Å². The Balaban J connectivity index is 1.58. The Kier molecular flexibility index (Phi) is 6.33. The summed E-state index contributed by atoms with van der Waals surface area (Å²) in [4.78, 5) is 34.4. The van der Waals surface area contributed by atoms with E-state index in [1.54, 1.807) is 0 Å². The van der Waals surface area contributed by atoms with Gasteiger partial charge in [-0.1, -0.05) is 13.8 Å². The van der Waals surface area contributed by atoms with Crippen molar-refractivity contribution in [3.05, 3.63) is 11.8 Å². The Morgan fingerprint density at radius 1 is 1.25 bits per heavy atom. The number of amides is 2. The van der Waals surface area contributed by atoms with Gasteiger partial charge in [0.25, 0.3) is 5.91 Å². The van der Waals surface area contributed by atoms with E-state index in [1.165, 1.54) is 6.20 Å². The second-order valence-electron chi connectivity index (χ2n) is 8.18. The molecular formula is C19H30N6O3. The van der Waals surface area contributed by atoms with Gasteiger partial charge < -0.3 is 26.4 Å². The minimum Gasteiger partial charge on any atom is -0.393 e. The van der Waals surface area contributed by atoms with Gasteiger partial charge in [0.15, 0.2) is 0 Å². The molecule has 0 bridgehead atoms. The van der Waals surface area contributed by atoms with Crippen molar-refractivity contribution >= 4 is 23.6 Å². The molecule has 1 aliphatic carbocycles. The number of piperidine rings is 1. The first-order chi connectivity index (χ1) is 13.3. The summed E-state index contributed by atoms with van der Waals surface area (Å²) < 4.78 is 0. The van der Waals surface area contributed by atoms with Crippen LogP contribution in [0.4, 0.5) is 11.8 Å². The maximum absolute atomic E-state index is 12.2. The number of nitrogens with two attached hydrogens (primary N) is 1. The Bertz CT molecular complexity index is 712. The quantitative estimate of drug-likeness (QED) is 0.545. The number of hydrogen-bond acceptors (Lipinski definition) is 7. The number of anilines is 2. The molecule has 0 atom stereocenters. The van der Waals surface area contributed by atoms with Crippen molar-refractivity contribution in [3.8, 4) is 0 Å². The lowest BCUT2D eigenvalue weighted by molar-refractivity contribution is -0.132. The van der Waals surface area contributed by atoms with E-state index in [0.717, 1.165) is 12.8 Å². The molecular weight excluding hydrogens is 360 g/mol. The molecule has 9 heteroatoms. The summed E-state index contributed by atoms with van der Waals surface area (Å²) in [5.74, 6) is 0.810. The van der Waals surface area contributed by atoms with Crippen LogP contribution < -0.4 is 16.4 Å². The molecule has 2 aliphatic rings. The standard InChI is InChI=1S/C19H30N6O3/c1-11(2)7-16(27)25-5-3-12(4-6-25)23-19-21-10-15(17(20)28)18(24-19)22-13-8-14(26)9-13/h10-14,26H,3-9H2,1-2H3,(H2,20,28)(H2,21,22,23,24)/t13-,14-. The summed E-state index contributed by atoms with van der Waals surface area (Å²) in [6.07, 6.45) is 4.58. The van der Waals surface area contributed by atoms with Crippen molar-refractivity contribution in [2.24, 2.45) is 11.7 Å². The minimum atomic E-state index is -0.592. The van der Waals surface area contributed by atoms with Crippen LogP contribution in [0.2, 0.25) is 0 Å². The topological polar surface area (TPSA) is 133 Å². The fourth-order valence-corrected chi connectivity index (χ4v) is 3.57. The average Bonchev–Trinajstić information content (AvgIpc) is 2.60. The van der Waals surface area contributed by atoms with Crippen molar-refractivity contribution in [2.75, 3.05) is 23.7 Å². The Morgan fingerprint density at radius 3 is 2.50 bits per heavy atom. The highest BCUT2D eigenvalue weighted by molar-refractivity contribution is 5.97. The molecule has 154 valence electrons. The third-order valence-corrected chi connectivity index (χ3v) is 5.27. The molecule has 28 heavy (non-hydrogen) atoms. The predicted octanol–water partition coefficient (Wildman–Crippen LogP) is 0.960. The molecule has 2 heterocycles. The van der Waals surface area contributed by atoms with Crippen LogP contribution >= 0.6 is 0 Å². The molecule has 2 amide bonds. The molecule has 9 nitrogen and oxygen atoms in total. The third-order valence-electron chi connectivity index (χ3n) is 5.27. The van der Waals surface area contributed by atoms with Gasteiger partial charge in [0.1, 0.15) is 5.82 Å². The fraction of sp³-hybridized carbons (Fsp3) is 0.684. The number of aliphatic hydroxyl groups is 1. The predicted molar refractivity (Wildman–Crippen MR) is 106 cm³/mol. The molecule has 0 radical (unpaired) electrons. The van der Waals surface area contributed by atoms with E-state index in [-0.39, 0.29) is 29.7 Å². The number of nitrogens with one attached hydrogen (secondary N) is 2. The molecule has 1 aromatic rings. The molecule has 5 N–H and O–H groups in total.